The minimum absolute atomic E-state index is 0.188. The first-order chi connectivity index (χ1) is 11.2. The fourth-order valence-corrected chi connectivity index (χ4v) is 2.49. The number of aromatic nitrogens is 6. The second-order valence-corrected chi connectivity index (χ2v) is 5.34. The molecule has 3 heterocycles. The lowest BCUT2D eigenvalue weighted by molar-refractivity contribution is 0.156. The normalized spacial score (nSPS) is 11.5. The molecule has 3 aromatic heterocycles. The summed E-state index contributed by atoms with van der Waals surface area (Å²) in [7, 11) is 3.81. The molecule has 0 amide bonds. The van der Waals surface area contributed by atoms with E-state index in [0.717, 1.165) is 5.69 Å². The molecule has 2 N–H and O–H groups in total. The van der Waals surface area contributed by atoms with Gasteiger partial charge in [-0.15, -0.1) is 0 Å². The summed E-state index contributed by atoms with van der Waals surface area (Å²) in [6.45, 7) is 0.247. The van der Waals surface area contributed by atoms with Gasteiger partial charge in [-0.3, -0.25) is 4.68 Å². The molecular formula is C14H19N7O2. The Hall–Kier alpha value is -2.52. The van der Waals surface area contributed by atoms with E-state index in [0.29, 0.717) is 23.5 Å². The van der Waals surface area contributed by atoms with Crippen LogP contribution >= 0.6 is 0 Å². The third kappa shape index (κ3) is 2.76. The highest BCUT2D eigenvalue weighted by molar-refractivity contribution is 5.83. The molecule has 3 aromatic rings. The third-order valence-electron chi connectivity index (χ3n) is 3.84. The van der Waals surface area contributed by atoms with Crippen LogP contribution in [-0.4, -0.2) is 59.8 Å². The molecule has 0 spiro atoms. The summed E-state index contributed by atoms with van der Waals surface area (Å²) < 4.78 is 3.47. The van der Waals surface area contributed by atoms with Crippen LogP contribution in [0.25, 0.3) is 11.2 Å². The molecule has 0 atom stereocenters. The van der Waals surface area contributed by atoms with E-state index in [9.17, 15) is 10.2 Å². The van der Waals surface area contributed by atoms with E-state index in [1.165, 1.54) is 6.33 Å². The van der Waals surface area contributed by atoms with Gasteiger partial charge in [-0.25, -0.2) is 15.0 Å². The summed E-state index contributed by atoms with van der Waals surface area (Å²) in [6, 6.07) is 1.48. The molecule has 122 valence electrons. The topological polar surface area (TPSA) is 105 Å². The fraction of sp³-hybridized carbons (Fsp3) is 0.429. The van der Waals surface area contributed by atoms with Crippen LogP contribution in [0.3, 0.4) is 0 Å². The Morgan fingerprint density at radius 2 is 2.00 bits per heavy atom. The Kier molecular flexibility index (Phi) is 4.22. The van der Waals surface area contributed by atoms with Gasteiger partial charge in [0.25, 0.3) is 0 Å². The van der Waals surface area contributed by atoms with Gasteiger partial charge in [0, 0.05) is 20.3 Å². The van der Waals surface area contributed by atoms with E-state index in [1.54, 1.807) is 21.8 Å². The summed E-state index contributed by atoms with van der Waals surface area (Å²) in [5.41, 5.74) is 2.26. The van der Waals surface area contributed by atoms with Crippen LogP contribution in [-0.2, 0) is 13.6 Å². The standard InChI is InChI=1S/C14H19N7O2/c1-19(5-10-3-4-18-20(10)2)13-12-14(16-8-15-13)21(9-17-12)11(6-22)7-23/h3-4,8-9,11,22-23H,5-7H2,1-2H3. The summed E-state index contributed by atoms with van der Waals surface area (Å²) in [5, 5.41) is 22.9. The molecule has 0 unspecified atom stereocenters. The number of hydrogen-bond donors (Lipinski definition) is 2. The lowest BCUT2D eigenvalue weighted by Crippen LogP contribution is -2.20. The van der Waals surface area contributed by atoms with E-state index in [4.69, 9.17) is 0 Å². The van der Waals surface area contributed by atoms with Gasteiger partial charge in [0.2, 0.25) is 0 Å². The van der Waals surface area contributed by atoms with E-state index >= 15 is 0 Å². The molecule has 0 aromatic carbocycles. The van der Waals surface area contributed by atoms with Gasteiger partial charge in [-0.05, 0) is 6.07 Å². The van der Waals surface area contributed by atoms with Gasteiger partial charge in [0.05, 0.1) is 37.8 Å². The first kappa shape index (κ1) is 15.4. The molecular weight excluding hydrogens is 298 g/mol. The SMILES string of the molecule is CN(Cc1ccnn1C)c1ncnc2c1ncn2C(CO)CO. The van der Waals surface area contributed by atoms with Crippen LogP contribution in [0.15, 0.2) is 24.9 Å². The maximum atomic E-state index is 9.37. The predicted octanol–water partition coefficient (Wildman–Crippen LogP) is -0.278. The molecule has 0 aliphatic rings. The van der Waals surface area contributed by atoms with Crippen molar-refractivity contribution in [2.75, 3.05) is 25.2 Å². The van der Waals surface area contributed by atoms with Gasteiger partial charge in [-0.1, -0.05) is 0 Å². The van der Waals surface area contributed by atoms with E-state index < -0.39 is 6.04 Å². The quantitative estimate of drug-likeness (QED) is 0.644. The maximum absolute atomic E-state index is 9.37. The minimum atomic E-state index is -0.467. The van der Waals surface area contributed by atoms with Crippen LogP contribution in [0, 0.1) is 0 Å². The minimum Gasteiger partial charge on any atom is -0.394 e. The van der Waals surface area contributed by atoms with E-state index in [1.807, 2.05) is 25.1 Å². The highest BCUT2D eigenvalue weighted by atomic mass is 16.3. The van der Waals surface area contributed by atoms with E-state index in [2.05, 4.69) is 20.1 Å². The number of fused-ring (bicyclic) bond motifs is 1. The van der Waals surface area contributed by atoms with Gasteiger partial charge in [0.15, 0.2) is 17.0 Å². The van der Waals surface area contributed by atoms with Gasteiger partial charge in [0.1, 0.15) is 6.33 Å². The molecule has 0 saturated heterocycles. The first-order valence-corrected chi connectivity index (χ1v) is 7.23. The number of hydrogen-bond acceptors (Lipinski definition) is 7. The zero-order valence-electron chi connectivity index (χ0n) is 13.0. The van der Waals surface area contributed by atoms with Crippen LogP contribution in [0.2, 0.25) is 0 Å². The largest absolute Gasteiger partial charge is 0.394 e. The lowest BCUT2D eigenvalue weighted by Gasteiger charge is -2.18. The number of nitrogens with zero attached hydrogens (tertiary/aromatic N) is 7. The van der Waals surface area contributed by atoms with Crippen molar-refractivity contribution < 1.29 is 10.2 Å². The summed E-state index contributed by atoms with van der Waals surface area (Å²) in [6.07, 6.45) is 4.78. The highest BCUT2D eigenvalue weighted by Crippen LogP contribution is 2.23. The van der Waals surface area contributed by atoms with Crippen molar-refractivity contribution in [2.45, 2.75) is 12.6 Å². The second-order valence-electron chi connectivity index (χ2n) is 5.34. The van der Waals surface area contributed by atoms with Crippen molar-refractivity contribution in [1.82, 2.24) is 29.3 Å². The third-order valence-corrected chi connectivity index (χ3v) is 3.84. The molecule has 0 aliphatic carbocycles. The zero-order chi connectivity index (χ0) is 16.4. The summed E-state index contributed by atoms with van der Waals surface area (Å²) in [5.74, 6) is 0.685. The maximum Gasteiger partial charge on any atom is 0.165 e. The Bertz CT molecular complexity index is 793. The van der Waals surface area contributed by atoms with Crippen molar-refractivity contribution in [3.63, 3.8) is 0 Å². The Morgan fingerprint density at radius 1 is 1.22 bits per heavy atom. The molecule has 0 radical (unpaired) electrons. The predicted molar refractivity (Wildman–Crippen MR) is 83.8 cm³/mol. The summed E-state index contributed by atoms with van der Waals surface area (Å²) in [4.78, 5) is 14.9. The number of rotatable bonds is 6. The molecule has 9 nitrogen and oxygen atoms in total. The second kappa shape index (κ2) is 6.31. The highest BCUT2D eigenvalue weighted by Gasteiger charge is 2.18. The monoisotopic (exact) mass is 317 g/mol. The number of aliphatic hydroxyl groups excluding tert-OH is 2. The van der Waals surface area contributed by atoms with Crippen LogP contribution < -0.4 is 4.90 Å². The van der Waals surface area contributed by atoms with Crippen LogP contribution in [0.5, 0.6) is 0 Å². The average Bonchev–Trinajstić information content (AvgIpc) is 3.16. The van der Waals surface area contributed by atoms with Crippen LogP contribution in [0.1, 0.15) is 11.7 Å². The fourth-order valence-electron chi connectivity index (χ4n) is 2.49. The number of aliphatic hydroxyl groups is 2. The van der Waals surface area contributed by atoms with Crippen molar-refractivity contribution in [2.24, 2.45) is 7.05 Å². The van der Waals surface area contributed by atoms with Crippen LogP contribution in [0.4, 0.5) is 5.82 Å². The van der Waals surface area contributed by atoms with Gasteiger partial charge >= 0.3 is 0 Å². The summed E-state index contributed by atoms with van der Waals surface area (Å²) >= 11 is 0. The molecule has 0 aliphatic heterocycles. The Balaban J connectivity index is 1.97. The van der Waals surface area contributed by atoms with Crippen molar-refractivity contribution in [1.29, 1.82) is 0 Å². The number of anilines is 1. The molecule has 0 fully saturated rings. The van der Waals surface area contributed by atoms with E-state index in [-0.39, 0.29) is 13.2 Å². The molecule has 0 bridgehead atoms. The molecule has 0 saturated carbocycles. The molecule has 23 heavy (non-hydrogen) atoms. The van der Waals surface area contributed by atoms with Crippen molar-refractivity contribution >= 4 is 17.0 Å². The molecule has 3 rings (SSSR count). The lowest BCUT2D eigenvalue weighted by atomic mass is 10.3. The number of imidazole rings is 1. The molecule has 9 heteroatoms. The van der Waals surface area contributed by atoms with Crippen molar-refractivity contribution in [3.8, 4) is 0 Å². The smallest absolute Gasteiger partial charge is 0.165 e. The zero-order valence-corrected chi connectivity index (χ0v) is 13.0. The van der Waals surface area contributed by atoms with Crippen molar-refractivity contribution in [3.05, 3.63) is 30.6 Å². The first-order valence-electron chi connectivity index (χ1n) is 7.23. The Morgan fingerprint density at radius 3 is 2.65 bits per heavy atom. The number of aryl methyl sites for hydroxylation is 1. The van der Waals surface area contributed by atoms with Gasteiger partial charge < -0.3 is 19.7 Å². The average molecular weight is 317 g/mol. The van der Waals surface area contributed by atoms with Gasteiger partial charge in [-0.2, -0.15) is 5.10 Å². The Labute approximate surface area is 132 Å².